The number of anilines is 2. The van der Waals surface area contributed by atoms with Crippen molar-refractivity contribution in [3.63, 3.8) is 0 Å². The number of fused-ring (bicyclic) bond motifs is 1. The normalized spacial score (nSPS) is 10.2. The number of aromatic carboxylic acids is 1. The standard InChI is InChI=1S/C14H12N6O3.Na.H/c15-14-19-11-10(12(21)20-14)18-9(6-17-11)5-16-8-3-1-7(2-4-8)13(22)23;;/h1-4,6,16H,5H2,(H,22,23)(H3,15,17,19,20,21);;. The zero-order chi connectivity index (χ0) is 16.4. The van der Waals surface area contributed by atoms with Gasteiger partial charge in [-0.05, 0) is 24.3 Å². The Morgan fingerprint density at radius 3 is 2.54 bits per heavy atom. The Balaban J connectivity index is 0.00000208. The van der Waals surface area contributed by atoms with Crippen LogP contribution in [0.4, 0.5) is 11.6 Å². The monoisotopic (exact) mass is 336 g/mol. The summed E-state index contributed by atoms with van der Waals surface area (Å²) in [5.41, 5.74) is 7.30. The van der Waals surface area contributed by atoms with Crippen molar-refractivity contribution in [1.29, 1.82) is 0 Å². The first-order valence-electron chi connectivity index (χ1n) is 6.58. The number of hydrogen-bond acceptors (Lipinski definition) is 8. The fourth-order valence-corrected chi connectivity index (χ4v) is 1.95. The van der Waals surface area contributed by atoms with Gasteiger partial charge >= 0.3 is 35.5 Å². The van der Waals surface area contributed by atoms with Gasteiger partial charge in [-0.3, -0.25) is 0 Å². The second kappa shape index (κ2) is 7.39. The predicted molar refractivity (Wildman–Crippen MR) is 89.1 cm³/mol. The van der Waals surface area contributed by atoms with Gasteiger partial charge in [0.25, 0.3) is 0 Å². The molecular weight excluding hydrogens is 323 g/mol. The van der Waals surface area contributed by atoms with Crippen LogP contribution in [0.3, 0.4) is 0 Å². The van der Waals surface area contributed by atoms with Gasteiger partial charge in [-0.25, -0.2) is 14.8 Å². The summed E-state index contributed by atoms with van der Waals surface area (Å²) >= 11 is 0. The molecule has 0 fully saturated rings. The summed E-state index contributed by atoms with van der Waals surface area (Å²) in [6, 6.07) is 6.30. The van der Waals surface area contributed by atoms with Crippen LogP contribution in [-0.2, 0) is 6.54 Å². The third kappa shape index (κ3) is 3.88. The Kier molecular flexibility index (Phi) is 5.50. The van der Waals surface area contributed by atoms with Crippen LogP contribution in [0.5, 0.6) is 5.88 Å². The number of benzene rings is 1. The molecule has 2 aromatic heterocycles. The Morgan fingerprint density at radius 2 is 1.88 bits per heavy atom. The van der Waals surface area contributed by atoms with Gasteiger partial charge in [0.05, 0.1) is 24.0 Å². The third-order valence-corrected chi connectivity index (χ3v) is 3.06. The summed E-state index contributed by atoms with van der Waals surface area (Å²) in [6.45, 7) is 0.333. The van der Waals surface area contributed by atoms with Crippen molar-refractivity contribution >= 4 is 58.3 Å². The molecule has 0 saturated carbocycles. The van der Waals surface area contributed by atoms with Crippen molar-refractivity contribution < 1.29 is 15.0 Å². The number of nitrogens with zero attached hydrogens (tertiary/aromatic N) is 4. The van der Waals surface area contributed by atoms with E-state index in [2.05, 4.69) is 25.3 Å². The quantitative estimate of drug-likeness (QED) is 0.496. The van der Waals surface area contributed by atoms with Crippen LogP contribution in [0.1, 0.15) is 16.1 Å². The van der Waals surface area contributed by atoms with E-state index in [1.807, 2.05) is 0 Å². The molecule has 0 atom stereocenters. The van der Waals surface area contributed by atoms with E-state index in [4.69, 9.17) is 10.8 Å². The molecule has 1 aromatic carbocycles. The summed E-state index contributed by atoms with van der Waals surface area (Å²) in [6.07, 6.45) is 1.51. The third-order valence-electron chi connectivity index (χ3n) is 3.06. The first-order valence-corrected chi connectivity index (χ1v) is 6.58. The number of carboxylic acid groups (broad SMARTS) is 1. The van der Waals surface area contributed by atoms with Gasteiger partial charge < -0.3 is 21.3 Å². The van der Waals surface area contributed by atoms with E-state index in [-0.39, 0.29) is 58.1 Å². The molecule has 0 aliphatic rings. The maximum absolute atomic E-state index is 10.8. The van der Waals surface area contributed by atoms with Gasteiger partial charge in [0.15, 0.2) is 11.2 Å². The van der Waals surface area contributed by atoms with Gasteiger partial charge in [0, 0.05) is 5.69 Å². The molecule has 10 heteroatoms. The Morgan fingerprint density at radius 1 is 1.17 bits per heavy atom. The van der Waals surface area contributed by atoms with Gasteiger partial charge in [-0.2, -0.15) is 9.97 Å². The SMILES string of the molecule is Nc1nc(O)c2nc(CNc3ccc(C(=O)O)cc3)cnc2n1.[NaH]. The number of rotatable bonds is 4. The number of carboxylic acids is 1. The van der Waals surface area contributed by atoms with E-state index in [0.717, 1.165) is 5.69 Å². The molecule has 3 aromatic rings. The van der Waals surface area contributed by atoms with Crippen molar-refractivity contribution in [2.45, 2.75) is 6.54 Å². The number of nitrogens with two attached hydrogens (primary N) is 1. The molecule has 0 spiro atoms. The van der Waals surface area contributed by atoms with Gasteiger partial charge in [-0.1, -0.05) is 0 Å². The molecule has 24 heavy (non-hydrogen) atoms. The number of aromatic nitrogens is 4. The molecule has 3 rings (SSSR count). The zero-order valence-electron chi connectivity index (χ0n) is 11.8. The van der Waals surface area contributed by atoms with Crippen LogP contribution in [0.2, 0.25) is 0 Å². The molecule has 0 bridgehead atoms. The van der Waals surface area contributed by atoms with Crippen LogP contribution < -0.4 is 11.1 Å². The van der Waals surface area contributed by atoms with Crippen LogP contribution in [0, 0.1) is 0 Å². The van der Waals surface area contributed by atoms with Crippen molar-refractivity contribution in [3.8, 4) is 5.88 Å². The van der Waals surface area contributed by atoms with Crippen LogP contribution in [0.25, 0.3) is 11.2 Å². The summed E-state index contributed by atoms with van der Waals surface area (Å²) in [5, 5.41) is 21.7. The van der Waals surface area contributed by atoms with Gasteiger partial charge in [0.2, 0.25) is 11.8 Å². The molecule has 2 heterocycles. The zero-order valence-corrected chi connectivity index (χ0v) is 11.8. The van der Waals surface area contributed by atoms with Crippen molar-refractivity contribution in [2.75, 3.05) is 11.1 Å². The summed E-state index contributed by atoms with van der Waals surface area (Å²) in [5.74, 6) is -1.38. The molecule has 0 unspecified atom stereocenters. The van der Waals surface area contributed by atoms with E-state index in [9.17, 15) is 9.90 Å². The molecule has 118 valence electrons. The van der Waals surface area contributed by atoms with E-state index in [1.165, 1.54) is 18.3 Å². The average Bonchev–Trinajstić information content (AvgIpc) is 2.53. The van der Waals surface area contributed by atoms with Crippen LogP contribution in [0.15, 0.2) is 30.5 Å². The van der Waals surface area contributed by atoms with Crippen molar-refractivity contribution in [3.05, 3.63) is 41.7 Å². The first-order chi connectivity index (χ1) is 11.0. The number of nitrogen functional groups attached to an aromatic ring is 1. The van der Waals surface area contributed by atoms with Crippen LogP contribution >= 0.6 is 0 Å². The van der Waals surface area contributed by atoms with E-state index in [0.29, 0.717) is 12.2 Å². The molecule has 0 aliphatic heterocycles. The van der Waals surface area contributed by atoms with Crippen molar-refractivity contribution in [2.24, 2.45) is 0 Å². The van der Waals surface area contributed by atoms with E-state index < -0.39 is 5.97 Å². The molecular formula is C14H13N6NaO3. The summed E-state index contributed by atoms with van der Waals surface area (Å²) in [4.78, 5) is 26.6. The molecule has 0 saturated heterocycles. The number of carbonyl (C=O) groups is 1. The minimum absolute atomic E-state index is 0. The van der Waals surface area contributed by atoms with E-state index in [1.54, 1.807) is 12.1 Å². The topological polar surface area (TPSA) is 147 Å². The minimum atomic E-state index is -0.980. The predicted octanol–water partition coefficient (Wildman–Crippen LogP) is 0.369. The Hall–Kier alpha value is -2.49. The molecule has 0 aliphatic carbocycles. The first kappa shape index (κ1) is 17.9. The van der Waals surface area contributed by atoms with Gasteiger partial charge in [-0.15, -0.1) is 0 Å². The summed E-state index contributed by atoms with van der Waals surface area (Å²) in [7, 11) is 0. The second-order valence-corrected chi connectivity index (χ2v) is 4.68. The average molecular weight is 336 g/mol. The molecule has 5 N–H and O–H groups in total. The second-order valence-electron chi connectivity index (χ2n) is 4.68. The molecule has 0 amide bonds. The van der Waals surface area contributed by atoms with E-state index >= 15 is 0 Å². The maximum atomic E-state index is 10.8. The fourth-order valence-electron chi connectivity index (χ4n) is 1.95. The summed E-state index contributed by atoms with van der Waals surface area (Å²) < 4.78 is 0. The number of aromatic hydroxyl groups is 1. The van der Waals surface area contributed by atoms with Gasteiger partial charge in [0.1, 0.15) is 0 Å². The number of hydrogen-bond donors (Lipinski definition) is 4. The molecule has 9 nitrogen and oxygen atoms in total. The Labute approximate surface area is 158 Å². The van der Waals surface area contributed by atoms with Crippen molar-refractivity contribution in [1.82, 2.24) is 19.9 Å². The van der Waals surface area contributed by atoms with Crippen LogP contribution in [-0.4, -0.2) is 65.7 Å². The fraction of sp³-hybridized carbons (Fsp3) is 0.0714. The molecule has 0 radical (unpaired) electrons. The number of nitrogens with one attached hydrogen (secondary N) is 1. The Bertz CT molecular complexity index is 888.